The van der Waals surface area contributed by atoms with Gasteiger partial charge in [-0.2, -0.15) is 5.21 Å². The number of hydrogen-bond acceptors (Lipinski definition) is 7. The molecule has 0 unspecified atom stereocenters. The second kappa shape index (κ2) is 5.07. The Morgan fingerprint density at radius 3 is 2.84 bits per heavy atom. The van der Waals surface area contributed by atoms with E-state index in [4.69, 9.17) is 9.52 Å². The minimum atomic E-state index is -3.96. The maximum absolute atomic E-state index is 11.9. The maximum atomic E-state index is 11.9. The van der Waals surface area contributed by atoms with Crippen molar-refractivity contribution in [3.8, 4) is 0 Å². The first kappa shape index (κ1) is 13.6. The summed E-state index contributed by atoms with van der Waals surface area (Å²) in [6.45, 7) is -0.196. The molecule has 0 atom stereocenters. The van der Waals surface area contributed by atoms with Crippen molar-refractivity contribution in [1.29, 1.82) is 0 Å². The van der Waals surface area contributed by atoms with Crippen LogP contribution in [0.3, 0.4) is 0 Å². The number of carboxylic acids is 1. The predicted octanol–water partition coefficient (Wildman–Crippen LogP) is -0.268. The van der Waals surface area contributed by atoms with Gasteiger partial charge in [0.05, 0.1) is 6.54 Å². The second-order valence-electron chi connectivity index (χ2n) is 3.21. The van der Waals surface area contributed by atoms with Gasteiger partial charge in [0.15, 0.2) is 10.5 Å². The van der Waals surface area contributed by atoms with Crippen molar-refractivity contribution in [2.45, 2.75) is 11.4 Å². The van der Waals surface area contributed by atoms with Crippen molar-refractivity contribution in [2.75, 3.05) is 0 Å². The maximum Gasteiger partial charge on any atom is 0.371 e. The molecule has 2 aromatic heterocycles. The summed E-state index contributed by atoms with van der Waals surface area (Å²) >= 11 is 2.84. The van der Waals surface area contributed by atoms with Crippen LogP contribution in [0.15, 0.2) is 20.0 Å². The Morgan fingerprint density at radius 2 is 2.32 bits per heavy atom. The lowest BCUT2D eigenvalue weighted by Gasteiger charge is -2.01. The summed E-state index contributed by atoms with van der Waals surface area (Å²) in [5.74, 6) is -1.73. The number of H-pyrrole nitrogens is 1. The number of hydrogen-bond donors (Lipinski definition) is 3. The number of aromatic carboxylic acids is 1. The van der Waals surface area contributed by atoms with Gasteiger partial charge in [0.25, 0.3) is 0 Å². The first-order valence-corrected chi connectivity index (χ1v) is 6.92. The number of rotatable bonds is 5. The average molecular weight is 352 g/mol. The molecule has 0 radical (unpaired) electrons. The molecule has 0 aliphatic carbocycles. The standard InChI is InChI=1S/C7H6BrN5O5S/c8-6-4(1-3(18-6)7(14)15)19(16,17)9-2-5-10-12-13-11-5/h1,9H,2H2,(H,14,15)(H,10,11,12,13). The van der Waals surface area contributed by atoms with Crippen LogP contribution in [0.25, 0.3) is 0 Å². The molecule has 0 saturated heterocycles. The van der Waals surface area contributed by atoms with E-state index in [2.05, 4.69) is 41.3 Å². The van der Waals surface area contributed by atoms with E-state index in [0.29, 0.717) is 0 Å². The predicted molar refractivity (Wildman–Crippen MR) is 61.6 cm³/mol. The average Bonchev–Trinajstić information content (AvgIpc) is 2.95. The highest BCUT2D eigenvalue weighted by Gasteiger charge is 2.25. The minimum Gasteiger partial charge on any atom is -0.475 e. The highest BCUT2D eigenvalue weighted by molar-refractivity contribution is 9.10. The molecular weight excluding hydrogens is 346 g/mol. The monoisotopic (exact) mass is 351 g/mol. The van der Waals surface area contributed by atoms with Crippen molar-refractivity contribution in [3.05, 3.63) is 22.3 Å². The second-order valence-corrected chi connectivity index (χ2v) is 5.66. The molecule has 2 rings (SSSR count). The molecule has 12 heteroatoms. The number of nitrogens with one attached hydrogen (secondary N) is 2. The number of aromatic amines is 1. The smallest absolute Gasteiger partial charge is 0.371 e. The number of carbonyl (C=O) groups is 1. The molecule has 0 spiro atoms. The van der Waals surface area contributed by atoms with E-state index in [1.54, 1.807) is 0 Å². The van der Waals surface area contributed by atoms with E-state index in [9.17, 15) is 13.2 Å². The molecule has 2 aromatic rings. The number of halogens is 1. The molecule has 102 valence electrons. The van der Waals surface area contributed by atoms with Gasteiger partial charge in [-0.05, 0) is 15.9 Å². The van der Waals surface area contributed by atoms with Crippen molar-refractivity contribution in [1.82, 2.24) is 25.3 Å². The van der Waals surface area contributed by atoms with Crippen LogP contribution in [-0.2, 0) is 16.6 Å². The molecule has 0 aliphatic heterocycles. The summed E-state index contributed by atoms with van der Waals surface area (Å²) in [5.41, 5.74) is 0. The van der Waals surface area contributed by atoms with E-state index in [0.717, 1.165) is 6.07 Å². The van der Waals surface area contributed by atoms with Crippen molar-refractivity contribution in [2.24, 2.45) is 0 Å². The SMILES string of the molecule is O=C(O)c1cc(S(=O)(=O)NCc2nn[nH]n2)c(Br)o1. The van der Waals surface area contributed by atoms with Gasteiger partial charge >= 0.3 is 5.97 Å². The Bertz CT molecular complexity index is 694. The molecule has 19 heavy (non-hydrogen) atoms. The van der Waals surface area contributed by atoms with Crippen molar-refractivity contribution < 1.29 is 22.7 Å². The van der Waals surface area contributed by atoms with Crippen LogP contribution < -0.4 is 4.72 Å². The Morgan fingerprint density at radius 1 is 1.58 bits per heavy atom. The molecule has 3 N–H and O–H groups in total. The number of nitrogens with zero attached hydrogens (tertiary/aromatic N) is 3. The summed E-state index contributed by atoms with van der Waals surface area (Å²) in [7, 11) is -3.96. The summed E-state index contributed by atoms with van der Waals surface area (Å²) < 4.78 is 30.5. The fourth-order valence-corrected chi connectivity index (χ4v) is 3.05. The van der Waals surface area contributed by atoms with Gasteiger partial charge in [-0.25, -0.2) is 17.9 Å². The number of tetrazole rings is 1. The van der Waals surface area contributed by atoms with Crippen LogP contribution in [0, 0.1) is 0 Å². The number of carboxylic acid groups (broad SMARTS) is 1. The zero-order valence-electron chi connectivity index (χ0n) is 8.99. The molecule has 2 heterocycles. The summed E-state index contributed by atoms with van der Waals surface area (Å²) in [6, 6.07) is 0.894. The summed E-state index contributed by atoms with van der Waals surface area (Å²) in [5, 5.41) is 21.3. The molecule has 0 aromatic carbocycles. The van der Waals surface area contributed by atoms with E-state index in [1.807, 2.05) is 0 Å². The molecule has 10 nitrogen and oxygen atoms in total. The van der Waals surface area contributed by atoms with Gasteiger partial charge in [-0.1, -0.05) is 5.21 Å². The van der Waals surface area contributed by atoms with Crippen LogP contribution in [0.2, 0.25) is 0 Å². The Kier molecular flexibility index (Phi) is 3.64. The molecule has 0 bridgehead atoms. The van der Waals surface area contributed by atoms with Crippen LogP contribution in [0.5, 0.6) is 0 Å². The largest absolute Gasteiger partial charge is 0.475 e. The zero-order valence-corrected chi connectivity index (χ0v) is 11.4. The van der Waals surface area contributed by atoms with Crippen LogP contribution >= 0.6 is 15.9 Å². The van der Waals surface area contributed by atoms with Gasteiger partial charge in [-0.15, -0.1) is 10.2 Å². The highest BCUT2D eigenvalue weighted by atomic mass is 79.9. The molecule has 0 aliphatic rings. The normalized spacial score (nSPS) is 11.6. The number of aromatic nitrogens is 4. The van der Waals surface area contributed by atoms with Gasteiger partial charge in [0, 0.05) is 6.07 Å². The fraction of sp³-hybridized carbons (Fsp3) is 0.143. The van der Waals surface area contributed by atoms with Crippen molar-refractivity contribution >= 4 is 31.9 Å². The topological polar surface area (TPSA) is 151 Å². The number of furan rings is 1. The third-order valence-electron chi connectivity index (χ3n) is 1.97. The Labute approximate surface area is 114 Å². The van der Waals surface area contributed by atoms with Gasteiger partial charge in [0.1, 0.15) is 4.90 Å². The van der Waals surface area contributed by atoms with E-state index in [1.165, 1.54) is 0 Å². The number of sulfonamides is 1. The lowest BCUT2D eigenvalue weighted by atomic mass is 10.5. The first-order valence-electron chi connectivity index (χ1n) is 4.65. The lowest BCUT2D eigenvalue weighted by Crippen LogP contribution is -2.23. The Balaban J connectivity index is 2.22. The van der Waals surface area contributed by atoms with Gasteiger partial charge in [-0.3, -0.25) is 0 Å². The minimum absolute atomic E-state index is 0.140. The van der Waals surface area contributed by atoms with Gasteiger partial charge < -0.3 is 9.52 Å². The fourth-order valence-electron chi connectivity index (χ4n) is 1.14. The molecule has 0 fully saturated rings. The summed E-state index contributed by atoms with van der Waals surface area (Å²) in [4.78, 5) is 10.4. The van der Waals surface area contributed by atoms with Crippen LogP contribution in [-0.4, -0.2) is 40.1 Å². The first-order chi connectivity index (χ1) is 8.90. The van der Waals surface area contributed by atoms with Crippen LogP contribution in [0.1, 0.15) is 16.4 Å². The Hall–Kier alpha value is -1.79. The molecule has 0 amide bonds. The zero-order chi connectivity index (χ0) is 14.0. The lowest BCUT2D eigenvalue weighted by molar-refractivity contribution is 0.0661. The van der Waals surface area contributed by atoms with E-state index in [-0.39, 0.29) is 21.9 Å². The third kappa shape index (κ3) is 2.97. The molecular formula is C7H6BrN5O5S. The van der Waals surface area contributed by atoms with E-state index >= 15 is 0 Å². The quantitative estimate of drug-likeness (QED) is 0.665. The van der Waals surface area contributed by atoms with Crippen LogP contribution in [0.4, 0.5) is 0 Å². The third-order valence-corrected chi connectivity index (χ3v) is 4.22. The van der Waals surface area contributed by atoms with Crippen molar-refractivity contribution in [3.63, 3.8) is 0 Å². The van der Waals surface area contributed by atoms with E-state index < -0.39 is 21.8 Å². The summed E-state index contributed by atoms with van der Waals surface area (Å²) in [6.07, 6.45) is 0. The molecule has 0 saturated carbocycles. The van der Waals surface area contributed by atoms with Gasteiger partial charge in [0.2, 0.25) is 15.8 Å². The highest BCUT2D eigenvalue weighted by Crippen LogP contribution is 2.26.